The SMILES string of the molecule is CCOC(=O)NC(CNC(=NC)NCCc1ccc(OC)cc1)CC(C)C.I. The molecular weight excluding hydrogens is 471 g/mol. The number of carbonyl (C=O) groups excluding carboxylic acids is 1. The van der Waals surface area contributed by atoms with Crippen molar-refractivity contribution >= 4 is 36.0 Å². The van der Waals surface area contributed by atoms with E-state index in [-0.39, 0.29) is 36.1 Å². The van der Waals surface area contributed by atoms with E-state index in [1.807, 2.05) is 12.1 Å². The molecule has 1 rings (SSSR count). The molecular formula is C20H35IN4O3. The molecule has 160 valence electrons. The molecule has 1 unspecified atom stereocenters. The number of nitrogens with one attached hydrogen (secondary N) is 3. The lowest BCUT2D eigenvalue weighted by molar-refractivity contribution is 0.146. The fourth-order valence-corrected chi connectivity index (χ4v) is 2.66. The van der Waals surface area contributed by atoms with Crippen molar-refractivity contribution in [2.75, 3.05) is 33.9 Å². The van der Waals surface area contributed by atoms with Crippen LogP contribution in [0.1, 0.15) is 32.8 Å². The zero-order chi connectivity index (χ0) is 20.1. The lowest BCUT2D eigenvalue weighted by Gasteiger charge is -2.22. The van der Waals surface area contributed by atoms with Gasteiger partial charge < -0.3 is 25.4 Å². The van der Waals surface area contributed by atoms with Crippen LogP contribution < -0.4 is 20.7 Å². The summed E-state index contributed by atoms with van der Waals surface area (Å²) in [6, 6.07) is 8.00. The van der Waals surface area contributed by atoms with E-state index in [0.717, 1.165) is 25.1 Å². The van der Waals surface area contributed by atoms with Crippen molar-refractivity contribution in [3.63, 3.8) is 0 Å². The van der Waals surface area contributed by atoms with E-state index >= 15 is 0 Å². The second-order valence-electron chi connectivity index (χ2n) is 6.67. The third-order valence-electron chi connectivity index (χ3n) is 3.96. The van der Waals surface area contributed by atoms with E-state index in [4.69, 9.17) is 9.47 Å². The first-order valence-corrected chi connectivity index (χ1v) is 9.49. The Bertz CT molecular complexity index is 579. The van der Waals surface area contributed by atoms with Crippen LogP contribution in [0.3, 0.4) is 0 Å². The van der Waals surface area contributed by atoms with Crippen LogP contribution in [-0.4, -0.2) is 51.9 Å². The molecule has 0 heterocycles. The summed E-state index contributed by atoms with van der Waals surface area (Å²) in [6.45, 7) is 7.75. The second kappa shape index (κ2) is 15.2. The Morgan fingerprint density at radius 1 is 1.18 bits per heavy atom. The molecule has 0 saturated carbocycles. The van der Waals surface area contributed by atoms with E-state index in [1.54, 1.807) is 21.1 Å². The normalized spacial score (nSPS) is 12.0. The third-order valence-corrected chi connectivity index (χ3v) is 3.96. The minimum Gasteiger partial charge on any atom is -0.497 e. The van der Waals surface area contributed by atoms with E-state index in [0.29, 0.717) is 25.0 Å². The number of hydrogen-bond acceptors (Lipinski definition) is 4. The zero-order valence-corrected chi connectivity index (χ0v) is 19.9. The van der Waals surface area contributed by atoms with E-state index in [9.17, 15) is 4.79 Å². The monoisotopic (exact) mass is 506 g/mol. The Labute approximate surface area is 186 Å². The van der Waals surface area contributed by atoms with Crippen molar-refractivity contribution in [3.05, 3.63) is 29.8 Å². The summed E-state index contributed by atoms with van der Waals surface area (Å²) in [4.78, 5) is 16.0. The highest BCUT2D eigenvalue weighted by atomic mass is 127. The zero-order valence-electron chi connectivity index (χ0n) is 17.6. The van der Waals surface area contributed by atoms with Gasteiger partial charge in [0.2, 0.25) is 0 Å². The molecule has 0 radical (unpaired) electrons. The standard InChI is InChI=1S/C20H34N4O3.HI/c1-6-27-20(25)24-17(13-15(2)3)14-23-19(21-4)22-12-11-16-7-9-18(26-5)10-8-16;/h7-10,15,17H,6,11-14H2,1-5H3,(H,24,25)(H2,21,22,23);1H. The number of nitrogens with zero attached hydrogens (tertiary/aromatic N) is 1. The number of alkyl carbamates (subject to hydrolysis) is 1. The second-order valence-corrected chi connectivity index (χ2v) is 6.67. The summed E-state index contributed by atoms with van der Waals surface area (Å²) in [5, 5.41) is 9.48. The number of ether oxygens (including phenoxy) is 2. The van der Waals surface area contributed by atoms with Gasteiger partial charge in [-0.1, -0.05) is 26.0 Å². The van der Waals surface area contributed by atoms with Crippen molar-refractivity contribution in [1.29, 1.82) is 0 Å². The molecule has 0 bridgehead atoms. The van der Waals surface area contributed by atoms with Gasteiger partial charge in [0, 0.05) is 26.2 Å². The van der Waals surface area contributed by atoms with Crippen LogP contribution in [0.4, 0.5) is 4.79 Å². The number of methoxy groups -OCH3 is 1. The van der Waals surface area contributed by atoms with Crippen LogP contribution in [0.5, 0.6) is 5.75 Å². The van der Waals surface area contributed by atoms with E-state index < -0.39 is 0 Å². The average molecular weight is 506 g/mol. The van der Waals surface area contributed by atoms with Gasteiger partial charge in [0.15, 0.2) is 5.96 Å². The molecule has 0 aliphatic carbocycles. The minimum atomic E-state index is -0.382. The maximum atomic E-state index is 11.7. The molecule has 0 saturated heterocycles. The third kappa shape index (κ3) is 11.2. The Kier molecular flexibility index (Phi) is 14.3. The summed E-state index contributed by atoms with van der Waals surface area (Å²) < 4.78 is 10.2. The first-order valence-electron chi connectivity index (χ1n) is 9.49. The maximum Gasteiger partial charge on any atom is 0.407 e. The smallest absolute Gasteiger partial charge is 0.407 e. The maximum absolute atomic E-state index is 11.7. The Balaban J connectivity index is 0.00000729. The minimum absolute atomic E-state index is 0. The highest BCUT2D eigenvalue weighted by Gasteiger charge is 2.15. The van der Waals surface area contributed by atoms with Crippen molar-refractivity contribution < 1.29 is 14.3 Å². The molecule has 7 nitrogen and oxygen atoms in total. The Hall–Kier alpha value is -1.71. The lowest BCUT2D eigenvalue weighted by Crippen LogP contribution is -2.48. The van der Waals surface area contributed by atoms with Gasteiger partial charge in [0.1, 0.15) is 5.75 Å². The van der Waals surface area contributed by atoms with Gasteiger partial charge in [-0.2, -0.15) is 0 Å². The average Bonchev–Trinajstić information content (AvgIpc) is 2.64. The fraction of sp³-hybridized carbons (Fsp3) is 0.600. The summed E-state index contributed by atoms with van der Waals surface area (Å²) in [7, 11) is 3.40. The summed E-state index contributed by atoms with van der Waals surface area (Å²) in [5.41, 5.74) is 1.22. The number of amides is 1. The number of aliphatic imine (C=N–C) groups is 1. The summed E-state index contributed by atoms with van der Waals surface area (Å²) in [6.07, 6.45) is 1.35. The molecule has 0 aliphatic rings. The van der Waals surface area contributed by atoms with Crippen molar-refractivity contribution in [2.24, 2.45) is 10.9 Å². The molecule has 3 N–H and O–H groups in total. The van der Waals surface area contributed by atoms with Crippen molar-refractivity contribution in [2.45, 2.75) is 39.7 Å². The van der Waals surface area contributed by atoms with Crippen LogP contribution >= 0.6 is 24.0 Å². The topological polar surface area (TPSA) is 84.0 Å². The molecule has 1 amide bonds. The van der Waals surface area contributed by atoms with Crippen LogP contribution in [0, 0.1) is 5.92 Å². The van der Waals surface area contributed by atoms with Gasteiger partial charge in [-0.25, -0.2) is 4.79 Å². The highest BCUT2D eigenvalue weighted by Crippen LogP contribution is 2.11. The lowest BCUT2D eigenvalue weighted by atomic mass is 10.0. The van der Waals surface area contributed by atoms with Gasteiger partial charge in [0.05, 0.1) is 13.7 Å². The molecule has 1 aromatic carbocycles. The molecule has 0 aliphatic heterocycles. The first-order chi connectivity index (χ1) is 13.0. The van der Waals surface area contributed by atoms with Crippen LogP contribution in [0.25, 0.3) is 0 Å². The first kappa shape index (κ1) is 26.3. The highest BCUT2D eigenvalue weighted by molar-refractivity contribution is 14.0. The van der Waals surface area contributed by atoms with Crippen molar-refractivity contribution in [1.82, 2.24) is 16.0 Å². The number of guanidine groups is 1. The molecule has 0 fully saturated rings. The van der Waals surface area contributed by atoms with Gasteiger partial charge in [-0.3, -0.25) is 4.99 Å². The number of rotatable bonds is 10. The molecule has 1 aromatic rings. The summed E-state index contributed by atoms with van der Waals surface area (Å²) >= 11 is 0. The van der Waals surface area contributed by atoms with E-state index in [1.165, 1.54) is 5.56 Å². The molecule has 8 heteroatoms. The number of carbonyl (C=O) groups is 1. The predicted molar refractivity (Wildman–Crippen MR) is 125 cm³/mol. The van der Waals surface area contributed by atoms with Crippen LogP contribution in [0.15, 0.2) is 29.3 Å². The van der Waals surface area contributed by atoms with Gasteiger partial charge >= 0.3 is 6.09 Å². The largest absolute Gasteiger partial charge is 0.497 e. The Morgan fingerprint density at radius 2 is 1.86 bits per heavy atom. The predicted octanol–water partition coefficient (Wildman–Crippen LogP) is 3.18. The van der Waals surface area contributed by atoms with Crippen LogP contribution in [-0.2, 0) is 11.2 Å². The molecule has 0 spiro atoms. The number of benzene rings is 1. The Morgan fingerprint density at radius 3 is 2.39 bits per heavy atom. The fourth-order valence-electron chi connectivity index (χ4n) is 2.66. The van der Waals surface area contributed by atoms with Crippen molar-refractivity contribution in [3.8, 4) is 5.75 Å². The van der Waals surface area contributed by atoms with Crippen LogP contribution in [0.2, 0.25) is 0 Å². The van der Waals surface area contributed by atoms with Gasteiger partial charge in [-0.15, -0.1) is 24.0 Å². The quantitative estimate of drug-likeness (QED) is 0.258. The van der Waals surface area contributed by atoms with E-state index in [2.05, 4.69) is 46.9 Å². The summed E-state index contributed by atoms with van der Waals surface area (Å²) in [5.74, 6) is 2.03. The molecule has 0 aromatic heterocycles. The van der Waals surface area contributed by atoms with Gasteiger partial charge in [0.25, 0.3) is 0 Å². The van der Waals surface area contributed by atoms with Gasteiger partial charge in [-0.05, 0) is 43.4 Å². The number of halogens is 1. The molecule has 1 atom stereocenters. The molecule has 28 heavy (non-hydrogen) atoms. The number of hydrogen-bond donors (Lipinski definition) is 3.